The Morgan fingerprint density at radius 2 is 1.86 bits per heavy atom. The molecule has 0 fully saturated rings. The van der Waals surface area contributed by atoms with Gasteiger partial charge in [0.25, 0.3) is 0 Å². The van der Waals surface area contributed by atoms with E-state index in [-0.39, 0.29) is 13.2 Å². The Hall–Kier alpha value is 0.0400. The van der Waals surface area contributed by atoms with Crippen molar-refractivity contribution in [1.29, 1.82) is 0 Å². The molecule has 0 aliphatic heterocycles. The maximum absolute atomic E-state index is 11.8. The molecule has 4 nitrogen and oxygen atoms in total. The van der Waals surface area contributed by atoms with E-state index in [1.165, 1.54) is 0 Å². The van der Waals surface area contributed by atoms with Gasteiger partial charge >= 0.3 is 7.82 Å². The molecule has 0 amide bonds. The van der Waals surface area contributed by atoms with Crippen LogP contribution in [0.15, 0.2) is 0 Å². The molecule has 0 radical (unpaired) electrons. The van der Waals surface area contributed by atoms with E-state index >= 15 is 0 Å². The second-order valence-electron chi connectivity index (χ2n) is 2.83. The summed E-state index contributed by atoms with van der Waals surface area (Å²) in [5.74, 6) is 0. The van der Waals surface area contributed by atoms with E-state index < -0.39 is 7.82 Å². The van der Waals surface area contributed by atoms with E-state index in [9.17, 15) is 9.09 Å². The molecular formula is C8H18FO4P. The molecule has 0 aliphatic carbocycles. The first-order valence-electron chi connectivity index (χ1n) is 4.88. The zero-order valence-electron chi connectivity index (χ0n) is 8.70. The topological polar surface area (TPSA) is 44.8 Å². The Kier molecular flexibility index (Phi) is 8.38. The van der Waals surface area contributed by atoms with Crippen LogP contribution in [0.4, 0.5) is 4.53 Å². The Morgan fingerprint density at radius 3 is 2.36 bits per heavy atom. The highest BCUT2D eigenvalue weighted by atomic mass is 31.2. The molecule has 0 rings (SSSR count). The van der Waals surface area contributed by atoms with Gasteiger partial charge in [-0.05, 0) is 17.9 Å². The maximum Gasteiger partial charge on any atom is 0.506 e. The normalized spacial score (nSPS) is 15.4. The van der Waals surface area contributed by atoms with Gasteiger partial charge < -0.3 is 0 Å². The second kappa shape index (κ2) is 8.36. The molecule has 0 aromatic rings. The van der Waals surface area contributed by atoms with Gasteiger partial charge in [-0.15, -0.1) is 0 Å². The summed E-state index contributed by atoms with van der Waals surface area (Å²) in [7, 11) is -3.92. The zero-order valence-corrected chi connectivity index (χ0v) is 9.60. The predicted molar refractivity (Wildman–Crippen MR) is 51.5 cm³/mol. The van der Waals surface area contributed by atoms with Crippen LogP contribution in [0.3, 0.4) is 0 Å². The van der Waals surface area contributed by atoms with E-state index in [0.717, 1.165) is 25.7 Å². The number of unbranched alkanes of at least 4 members (excludes halogenated alkanes) is 3. The third kappa shape index (κ3) is 6.49. The molecule has 0 saturated heterocycles. The van der Waals surface area contributed by atoms with E-state index in [1.807, 2.05) is 0 Å². The summed E-state index contributed by atoms with van der Waals surface area (Å²) < 4.78 is 35.4. The summed E-state index contributed by atoms with van der Waals surface area (Å²) in [4.78, 5) is 0. The monoisotopic (exact) mass is 228 g/mol. The number of hydrogen-bond acceptors (Lipinski definition) is 4. The number of phosphoric ester groups is 1. The van der Waals surface area contributed by atoms with Crippen LogP contribution in [0.5, 0.6) is 0 Å². The fourth-order valence-corrected chi connectivity index (χ4v) is 1.76. The summed E-state index contributed by atoms with van der Waals surface area (Å²) in [6.45, 7) is 3.96. The molecule has 0 bridgehead atoms. The lowest BCUT2D eigenvalue weighted by Gasteiger charge is -2.11. The van der Waals surface area contributed by atoms with Gasteiger partial charge in [0.2, 0.25) is 0 Å². The van der Waals surface area contributed by atoms with Crippen molar-refractivity contribution in [2.24, 2.45) is 0 Å². The highest BCUT2D eigenvalue weighted by molar-refractivity contribution is 7.48. The van der Waals surface area contributed by atoms with Crippen molar-refractivity contribution < 1.29 is 22.9 Å². The van der Waals surface area contributed by atoms with Crippen molar-refractivity contribution >= 4 is 7.82 Å². The average Bonchev–Trinajstić information content (AvgIpc) is 2.18. The van der Waals surface area contributed by atoms with Crippen molar-refractivity contribution in [3.8, 4) is 0 Å². The molecule has 0 N–H and O–H groups in total. The third-order valence-corrected chi connectivity index (χ3v) is 2.86. The summed E-state index contributed by atoms with van der Waals surface area (Å²) in [6, 6.07) is 0. The first-order valence-corrected chi connectivity index (χ1v) is 6.34. The van der Waals surface area contributed by atoms with Gasteiger partial charge in [-0.2, -0.15) is 0 Å². The molecular weight excluding hydrogens is 210 g/mol. The van der Waals surface area contributed by atoms with Crippen molar-refractivity contribution in [2.45, 2.75) is 39.5 Å². The predicted octanol–water partition coefficient (Wildman–Crippen LogP) is 3.63. The lowest BCUT2D eigenvalue weighted by molar-refractivity contribution is -0.0563. The number of rotatable bonds is 9. The minimum absolute atomic E-state index is 0.0934. The molecule has 0 heterocycles. The van der Waals surface area contributed by atoms with Gasteiger partial charge in [-0.3, -0.25) is 9.05 Å². The van der Waals surface area contributed by atoms with Crippen molar-refractivity contribution in [1.82, 2.24) is 0 Å². The van der Waals surface area contributed by atoms with Crippen LogP contribution in [-0.2, 0) is 18.3 Å². The molecule has 86 valence electrons. The fourth-order valence-electron chi connectivity index (χ4n) is 0.940. The molecule has 1 atom stereocenters. The molecule has 0 aliphatic rings. The van der Waals surface area contributed by atoms with Gasteiger partial charge in [0.1, 0.15) is 0 Å². The summed E-state index contributed by atoms with van der Waals surface area (Å²) in [5, 5.41) is 0. The van der Waals surface area contributed by atoms with Crippen LogP contribution in [0.25, 0.3) is 0 Å². The van der Waals surface area contributed by atoms with E-state index in [0.29, 0.717) is 0 Å². The van der Waals surface area contributed by atoms with Crippen LogP contribution in [-0.4, -0.2) is 13.2 Å². The molecule has 0 saturated carbocycles. The lowest BCUT2D eigenvalue weighted by atomic mass is 10.2. The summed E-state index contributed by atoms with van der Waals surface area (Å²) in [5.41, 5.74) is 0. The van der Waals surface area contributed by atoms with Crippen molar-refractivity contribution in [3.63, 3.8) is 0 Å². The molecule has 14 heavy (non-hydrogen) atoms. The van der Waals surface area contributed by atoms with Gasteiger partial charge in [0.15, 0.2) is 0 Å². The summed E-state index contributed by atoms with van der Waals surface area (Å²) in [6.07, 6.45) is 3.88. The van der Waals surface area contributed by atoms with Gasteiger partial charge in [0.05, 0.1) is 13.2 Å². The van der Waals surface area contributed by atoms with Crippen LogP contribution in [0.1, 0.15) is 39.5 Å². The Balaban J connectivity index is 3.57. The van der Waals surface area contributed by atoms with E-state index in [1.54, 1.807) is 6.92 Å². The van der Waals surface area contributed by atoms with Crippen LogP contribution in [0, 0.1) is 0 Å². The average molecular weight is 228 g/mol. The van der Waals surface area contributed by atoms with Gasteiger partial charge in [-0.25, -0.2) is 4.57 Å². The van der Waals surface area contributed by atoms with E-state index in [4.69, 9.17) is 4.52 Å². The molecule has 1 unspecified atom stereocenters. The number of halogens is 1. The van der Waals surface area contributed by atoms with E-state index in [2.05, 4.69) is 16.2 Å². The van der Waals surface area contributed by atoms with Crippen molar-refractivity contribution in [3.05, 3.63) is 0 Å². The quantitative estimate of drug-likeness (QED) is 0.446. The standard InChI is InChI=1S/C8H18FO4P/c1-3-5-6-7-8-12-14(10,13-9)11-4-2/h3-8H2,1-2H3. The molecule has 0 spiro atoms. The first-order chi connectivity index (χ1) is 6.68. The first kappa shape index (κ1) is 14.0. The zero-order chi connectivity index (χ0) is 10.9. The minimum Gasteiger partial charge on any atom is -0.285 e. The fraction of sp³-hybridized carbons (Fsp3) is 1.00. The maximum atomic E-state index is 11.8. The Bertz CT molecular complexity index is 177. The molecule has 0 aromatic carbocycles. The van der Waals surface area contributed by atoms with Crippen LogP contribution in [0.2, 0.25) is 0 Å². The lowest BCUT2D eigenvalue weighted by Crippen LogP contribution is -1.98. The van der Waals surface area contributed by atoms with Gasteiger partial charge in [0, 0.05) is 0 Å². The Labute approximate surface area is 84.3 Å². The summed E-state index contributed by atoms with van der Waals surface area (Å²) >= 11 is 0. The van der Waals surface area contributed by atoms with Crippen LogP contribution >= 0.6 is 7.82 Å². The Morgan fingerprint density at radius 1 is 1.14 bits per heavy atom. The largest absolute Gasteiger partial charge is 0.506 e. The number of hydrogen-bond donors (Lipinski definition) is 0. The third-order valence-electron chi connectivity index (χ3n) is 1.62. The smallest absolute Gasteiger partial charge is 0.285 e. The SMILES string of the molecule is CCCCCCOP(=O)(OF)OCC. The molecule has 6 heteroatoms. The highest BCUT2D eigenvalue weighted by Crippen LogP contribution is 2.49. The minimum atomic E-state index is -3.92. The van der Waals surface area contributed by atoms with Crippen molar-refractivity contribution in [2.75, 3.05) is 13.2 Å². The number of phosphoric acid groups is 1. The highest BCUT2D eigenvalue weighted by Gasteiger charge is 2.26. The van der Waals surface area contributed by atoms with Gasteiger partial charge in [-0.1, -0.05) is 30.9 Å². The van der Waals surface area contributed by atoms with Crippen LogP contribution < -0.4 is 0 Å². The second-order valence-corrected chi connectivity index (χ2v) is 4.38. The molecule has 0 aromatic heterocycles.